The average Bonchev–Trinajstić information content (AvgIpc) is 2.70. The van der Waals surface area contributed by atoms with Gasteiger partial charge in [-0.2, -0.15) is 5.10 Å². The van der Waals surface area contributed by atoms with Gasteiger partial charge in [0.05, 0.1) is 5.02 Å². The third-order valence-electron chi connectivity index (χ3n) is 2.90. The van der Waals surface area contributed by atoms with Crippen LogP contribution in [0.1, 0.15) is 16.8 Å². The molecule has 1 heterocycles. The maximum Gasteiger partial charge on any atom is 0.249 e. The highest BCUT2D eigenvalue weighted by Gasteiger charge is 2.08. The molecule has 2 rings (SSSR count). The fraction of sp³-hybridized carbons (Fsp3) is 0.143. The van der Waals surface area contributed by atoms with Crippen LogP contribution in [0.25, 0.3) is 6.08 Å². The third-order valence-corrected chi connectivity index (χ3v) is 3.23. The van der Waals surface area contributed by atoms with Crippen LogP contribution in [0.3, 0.4) is 0 Å². The first-order valence-electron chi connectivity index (χ1n) is 5.93. The van der Waals surface area contributed by atoms with Crippen LogP contribution >= 0.6 is 11.6 Å². The normalized spacial score (nSPS) is 11.0. The number of benzene rings is 1. The van der Waals surface area contributed by atoms with E-state index < -0.39 is 11.7 Å². The summed E-state index contributed by atoms with van der Waals surface area (Å²) in [5.74, 6) is -0.427. The van der Waals surface area contributed by atoms with Crippen molar-refractivity contribution in [1.29, 1.82) is 0 Å². The van der Waals surface area contributed by atoms with Crippen molar-refractivity contribution in [3.05, 3.63) is 51.9 Å². The summed E-state index contributed by atoms with van der Waals surface area (Å²) >= 11 is 5.86. The highest BCUT2D eigenvalue weighted by atomic mass is 35.5. The summed E-state index contributed by atoms with van der Waals surface area (Å²) < 4.78 is 13.5. The van der Waals surface area contributed by atoms with E-state index in [0.717, 1.165) is 11.3 Å². The van der Waals surface area contributed by atoms with Crippen molar-refractivity contribution in [2.75, 3.05) is 5.32 Å². The lowest BCUT2D eigenvalue weighted by Crippen LogP contribution is -2.09. The van der Waals surface area contributed by atoms with Gasteiger partial charge in [-0.25, -0.2) is 4.39 Å². The van der Waals surface area contributed by atoms with Crippen LogP contribution in [-0.2, 0) is 4.79 Å². The summed E-state index contributed by atoms with van der Waals surface area (Å²) in [4.78, 5) is 11.8. The number of carbonyl (C=O) groups excluding carboxylic acids is 1. The predicted octanol–water partition coefficient (Wildman–Crippen LogP) is 3.47. The molecule has 0 saturated heterocycles. The monoisotopic (exact) mass is 293 g/mol. The molecule has 6 heteroatoms. The van der Waals surface area contributed by atoms with E-state index in [9.17, 15) is 9.18 Å². The molecule has 0 aliphatic rings. The first-order chi connectivity index (χ1) is 9.49. The topological polar surface area (TPSA) is 57.8 Å². The van der Waals surface area contributed by atoms with Crippen LogP contribution < -0.4 is 5.32 Å². The Kier molecular flexibility index (Phi) is 4.20. The van der Waals surface area contributed by atoms with Crippen molar-refractivity contribution in [2.24, 2.45) is 0 Å². The first kappa shape index (κ1) is 14.3. The standard InChI is InChI=1S/C14H13ClFN3O/c1-8-9(2)18-19-14(8)17-13(20)7-6-10-11(15)4-3-5-12(10)16/h3-7H,1-2H3,(H2,17,18,19,20)/b7-6+. The smallest absolute Gasteiger partial charge is 0.249 e. The summed E-state index contributed by atoms with van der Waals surface area (Å²) in [5, 5.41) is 9.58. The number of aromatic nitrogens is 2. The number of aryl methyl sites for hydroxylation is 1. The lowest BCUT2D eigenvalue weighted by atomic mass is 10.2. The van der Waals surface area contributed by atoms with E-state index in [2.05, 4.69) is 15.5 Å². The molecule has 0 aliphatic carbocycles. The molecule has 0 saturated carbocycles. The minimum Gasteiger partial charge on any atom is -0.305 e. The highest BCUT2D eigenvalue weighted by Crippen LogP contribution is 2.20. The van der Waals surface area contributed by atoms with Gasteiger partial charge in [-0.3, -0.25) is 9.89 Å². The molecule has 0 aliphatic heterocycles. The number of rotatable bonds is 3. The van der Waals surface area contributed by atoms with E-state index in [1.165, 1.54) is 24.3 Å². The minimum absolute atomic E-state index is 0.180. The van der Waals surface area contributed by atoms with Gasteiger partial charge in [0.1, 0.15) is 5.82 Å². The zero-order chi connectivity index (χ0) is 14.7. The number of hydrogen-bond donors (Lipinski definition) is 2. The maximum atomic E-state index is 13.5. The number of aromatic amines is 1. The zero-order valence-electron chi connectivity index (χ0n) is 11.0. The van der Waals surface area contributed by atoms with E-state index in [-0.39, 0.29) is 10.6 Å². The highest BCUT2D eigenvalue weighted by molar-refractivity contribution is 6.32. The fourth-order valence-corrected chi connectivity index (χ4v) is 1.82. The molecule has 0 spiro atoms. The number of nitrogens with zero attached hydrogens (tertiary/aromatic N) is 1. The molecule has 2 N–H and O–H groups in total. The number of anilines is 1. The van der Waals surface area contributed by atoms with Crippen LogP contribution in [-0.4, -0.2) is 16.1 Å². The van der Waals surface area contributed by atoms with Crippen molar-refractivity contribution in [3.8, 4) is 0 Å². The van der Waals surface area contributed by atoms with E-state index in [4.69, 9.17) is 11.6 Å². The summed E-state index contributed by atoms with van der Waals surface area (Å²) in [5.41, 5.74) is 1.91. The van der Waals surface area contributed by atoms with E-state index in [0.29, 0.717) is 5.82 Å². The molecule has 1 aromatic heterocycles. The van der Waals surface area contributed by atoms with E-state index in [1.807, 2.05) is 13.8 Å². The van der Waals surface area contributed by atoms with Crippen molar-refractivity contribution >= 4 is 29.4 Å². The minimum atomic E-state index is -0.478. The number of amides is 1. The van der Waals surface area contributed by atoms with Gasteiger partial charge in [0, 0.05) is 22.9 Å². The predicted molar refractivity (Wildman–Crippen MR) is 77.1 cm³/mol. The van der Waals surface area contributed by atoms with Crippen molar-refractivity contribution in [1.82, 2.24) is 10.2 Å². The Morgan fingerprint density at radius 1 is 1.45 bits per heavy atom. The molecular weight excluding hydrogens is 281 g/mol. The number of nitrogens with one attached hydrogen (secondary N) is 2. The molecule has 1 amide bonds. The summed E-state index contributed by atoms with van der Waals surface area (Å²) in [6.45, 7) is 3.69. The number of halogens is 2. The zero-order valence-corrected chi connectivity index (χ0v) is 11.8. The third kappa shape index (κ3) is 3.05. The summed E-state index contributed by atoms with van der Waals surface area (Å²) in [6, 6.07) is 4.35. The van der Waals surface area contributed by atoms with Gasteiger partial charge >= 0.3 is 0 Å². The second-order valence-electron chi connectivity index (χ2n) is 4.28. The van der Waals surface area contributed by atoms with Gasteiger partial charge in [-0.05, 0) is 32.1 Å². The van der Waals surface area contributed by atoms with Crippen LogP contribution in [0.5, 0.6) is 0 Å². The Labute approximate surface area is 120 Å². The Morgan fingerprint density at radius 3 is 2.80 bits per heavy atom. The fourth-order valence-electron chi connectivity index (χ4n) is 1.59. The largest absolute Gasteiger partial charge is 0.305 e. The Bertz CT molecular complexity index is 659. The van der Waals surface area contributed by atoms with Gasteiger partial charge < -0.3 is 5.32 Å². The molecule has 0 atom stereocenters. The first-order valence-corrected chi connectivity index (χ1v) is 6.31. The van der Waals surface area contributed by atoms with Crippen LogP contribution in [0.2, 0.25) is 5.02 Å². The van der Waals surface area contributed by atoms with Gasteiger partial charge in [-0.15, -0.1) is 0 Å². The molecule has 0 radical (unpaired) electrons. The van der Waals surface area contributed by atoms with Crippen molar-refractivity contribution < 1.29 is 9.18 Å². The van der Waals surface area contributed by atoms with Gasteiger partial charge in [0.2, 0.25) is 5.91 Å². The number of carbonyl (C=O) groups is 1. The summed E-state index contributed by atoms with van der Waals surface area (Å²) in [7, 11) is 0. The van der Waals surface area contributed by atoms with E-state index in [1.54, 1.807) is 6.07 Å². The quantitative estimate of drug-likeness (QED) is 0.851. The lowest BCUT2D eigenvalue weighted by Gasteiger charge is -2.01. The SMILES string of the molecule is Cc1[nH]nc(NC(=O)/C=C/c2c(F)cccc2Cl)c1C. The van der Waals surface area contributed by atoms with Crippen LogP contribution in [0, 0.1) is 19.7 Å². The lowest BCUT2D eigenvalue weighted by molar-refractivity contribution is -0.111. The van der Waals surface area contributed by atoms with Crippen molar-refractivity contribution in [3.63, 3.8) is 0 Å². The second-order valence-corrected chi connectivity index (χ2v) is 4.69. The van der Waals surface area contributed by atoms with Gasteiger partial charge in [-0.1, -0.05) is 17.7 Å². The Balaban J connectivity index is 2.12. The van der Waals surface area contributed by atoms with Gasteiger partial charge in [0.15, 0.2) is 5.82 Å². The molecule has 1 aromatic carbocycles. The van der Waals surface area contributed by atoms with Crippen LogP contribution in [0.4, 0.5) is 10.2 Å². The molecule has 0 bridgehead atoms. The molecular formula is C14H13ClFN3O. The molecule has 2 aromatic rings. The second kappa shape index (κ2) is 5.88. The average molecular weight is 294 g/mol. The van der Waals surface area contributed by atoms with E-state index >= 15 is 0 Å². The van der Waals surface area contributed by atoms with Crippen molar-refractivity contribution in [2.45, 2.75) is 13.8 Å². The molecule has 0 fully saturated rings. The maximum absolute atomic E-state index is 13.5. The van der Waals surface area contributed by atoms with Crippen LogP contribution in [0.15, 0.2) is 24.3 Å². The molecule has 4 nitrogen and oxygen atoms in total. The Morgan fingerprint density at radius 2 is 2.20 bits per heavy atom. The summed E-state index contributed by atoms with van der Waals surface area (Å²) in [6.07, 6.45) is 2.55. The Hall–Kier alpha value is -2.14. The number of H-pyrrole nitrogens is 1. The molecule has 0 unspecified atom stereocenters. The van der Waals surface area contributed by atoms with Gasteiger partial charge in [0.25, 0.3) is 0 Å². The molecule has 20 heavy (non-hydrogen) atoms. The number of hydrogen-bond acceptors (Lipinski definition) is 2. The molecule has 104 valence electrons.